The zero-order valence-corrected chi connectivity index (χ0v) is 13.6. The van der Waals surface area contributed by atoms with E-state index < -0.39 is 11.9 Å². The van der Waals surface area contributed by atoms with Crippen molar-refractivity contribution >= 4 is 11.9 Å². The Kier molecular flexibility index (Phi) is 5.16. The molecule has 0 aliphatic rings. The van der Waals surface area contributed by atoms with Crippen LogP contribution in [0.4, 0.5) is 0 Å². The van der Waals surface area contributed by atoms with E-state index in [-0.39, 0.29) is 12.5 Å². The number of carbonyl (C=O) groups is 2. The van der Waals surface area contributed by atoms with Gasteiger partial charge >= 0.3 is 5.97 Å². The Hall–Kier alpha value is -2.62. The standard InChI is InChI=1S/C19H21NO3/c1-12-9-13(2)17(14(3)10-12)18(21)20-11-16(19(22)23)15-7-5-4-6-8-15/h4-10,16H,11H2,1-3H3,(H,20,21)(H,22,23). The van der Waals surface area contributed by atoms with Crippen LogP contribution in [0.5, 0.6) is 0 Å². The molecule has 0 saturated carbocycles. The molecule has 2 N–H and O–H groups in total. The van der Waals surface area contributed by atoms with Crippen LogP contribution in [0, 0.1) is 20.8 Å². The molecule has 1 unspecified atom stereocenters. The number of hydrogen-bond donors (Lipinski definition) is 2. The van der Waals surface area contributed by atoms with Gasteiger partial charge in [-0.05, 0) is 37.5 Å². The quantitative estimate of drug-likeness (QED) is 0.891. The molecule has 0 heterocycles. The molecule has 0 fully saturated rings. The fourth-order valence-electron chi connectivity index (χ4n) is 2.85. The molecule has 2 aromatic rings. The van der Waals surface area contributed by atoms with E-state index in [0.29, 0.717) is 11.1 Å². The van der Waals surface area contributed by atoms with Crippen molar-refractivity contribution in [3.63, 3.8) is 0 Å². The first kappa shape index (κ1) is 16.7. The normalized spacial score (nSPS) is 11.8. The number of carbonyl (C=O) groups excluding carboxylic acids is 1. The summed E-state index contributed by atoms with van der Waals surface area (Å²) < 4.78 is 0. The maximum atomic E-state index is 12.5. The lowest BCUT2D eigenvalue weighted by molar-refractivity contribution is -0.138. The molecular weight excluding hydrogens is 290 g/mol. The molecule has 1 amide bonds. The SMILES string of the molecule is Cc1cc(C)c(C(=O)NCC(C(=O)O)c2ccccc2)c(C)c1. The number of aliphatic carboxylic acids is 1. The van der Waals surface area contributed by atoms with Crippen molar-refractivity contribution in [2.45, 2.75) is 26.7 Å². The predicted molar refractivity (Wildman–Crippen MR) is 89.8 cm³/mol. The molecule has 0 aromatic heterocycles. The molecule has 0 spiro atoms. The van der Waals surface area contributed by atoms with Crippen molar-refractivity contribution in [2.24, 2.45) is 0 Å². The van der Waals surface area contributed by atoms with Crippen LogP contribution < -0.4 is 5.32 Å². The van der Waals surface area contributed by atoms with Gasteiger partial charge < -0.3 is 10.4 Å². The molecule has 0 saturated heterocycles. The Morgan fingerprint density at radius 2 is 1.61 bits per heavy atom. The van der Waals surface area contributed by atoms with Gasteiger partial charge in [0.05, 0.1) is 5.92 Å². The number of benzene rings is 2. The summed E-state index contributed by atoms with van der Waals surface area (Å²) in [5, 5.41) is 12.2. The minimum absolute atomic E-state index is 0.0605. The molecule has 23 heavy (non-hydrogen) atoms. The summed E-state index contributed by atoms with van der Waals surface area (Å²) in [6, 6.07) is 12.8. The second-order valence-electron chi connectivity index (χ2n) is 5.79. The number of aryl methyl sites for hydroxylation is 3. The van der Waals surface area contributed by atoms with Crippen LogP contribution in [0.25, 0.3) is 0 Å². The number of hydrogen-bond acceptors (Lipinski definition) is 2. The van der Waals surface area contributed by atoms with Gasteiger partial charge in [-0.2, -0.15) is 0 Å². The van der Waals surface area contributed by atoms with E-state index in [0.717, 1.165) is 16.7 Å². The van der Waals surface area contributed by atoms with E-state index in [1.807, 2.05) is 39.0 Å². The zero-order valence-electron chi connectivity index (χ0n) is 13.6. The van der Waals surface area contributed by atoms with Crippen molar-refractivity contribution in [1.82, 2.24) is 5.32 Å². The maximum absolute atomic E-state index is 12.5. The molecular formula is C19H21NO3. The highest BCUT2D eigenvalue weighted by atomic mass is 16.4. The molecule has 0 bridgehead atoms. The van der Waals surface area contributed by atoms with E-state index in [1.165, 1.54) is 0 Å². The van der Waals surface area contributed by atoms with Crippen molar-refractivity contribution in [2.75, 3.05) is 6.54 Å². The van der Waals surface area contributed by atoms with Crippen LogP contribution in [0.1, 0.15) is 38.5 Å². The molecule has 2 rings (SSSR count). The monoisotopic (exact) mass is 311 g/mol. The van der Waals surface area contributed by atoms with E-state index >= 15 is 0 Å². The summed E-state index contributed by atoms with van der Waals surface area (Å²) in [4.78, 5) is 23.9. The lowest BCUT2D eigenvalue weighted by Gasteiger charge is -2.16. The van der Waals surface area contributed by atoms with E-state index in [1.54, 1.807) is 24.3 Å². The Balaban J connectivity index is 2.16. The van der Waals surface area contributed by atoms with Gasteiger partial charge in [0.15, 0.2) is 0 Å². The molecule has 4 heteroatoms. The average molecular weight is 311 g/mol. The smallest absolute Gasteiger partial charge is 0.312 e. The highest BCUT2D eigenvalue weighted by Crippen LogP contribution is 2.18. The first-order valence-electron chi connectivity index (χ1n) is 7.54. The fraction of sp³-hybridized carbons (Fsp3) is 0.263. The molecule has 120 valence electrons. The Labute approximate surface area is 136 Å². The summed E-state index contributed by atoms with van der Waals surface area (Å²) in [7, 11) is 0. The van der Waals surface area contributed by atoms with Crippen LogP contribution >= 0.6 is 0 Å². The molecule has 2 aromatic carbocycles. The van der Waals surface area contributed by atoms with Gasteiger partial charge in [-0.3, -0.25) is 9.59 Å². The van der Waals surface area contributed by atoms with Gasteiger partial charge in [0.25, 0.3) is 5.91 Å². The van der Waals surface area contributed by atoms with Gasteiger partial charge in [-0.15, -0.1) is 0 Å². The van der Waals surface area contributed by atoms with Crippen LogP contribution in [0.15, 0.2) is 42.5 Å². The lowest BCUT2D eigenvalue weighted by atomic mass is 9.97. The molecule has 0 radical (unpaired) electrons. The van der Waals surface area contributed by atoms with E-state index in [2.05, 4.69) is 5.32 Å². The number of nitrogens with one attached hydrogen (secondary N) is 1. The summed E-state index contributed by atoms with van der Waals surface area (Å²) in [6.45, 7) is 5.82. The maximum Gasteiger partial charge on any atom is 0.312 e. The van der Waals surface area contributed by atoms with Crippen LogP contribution in [-0.2, 0) is 4.79 Å². The average Bonchev–Trinajstić information content (AvgIpc) is 2.47. The zero-order chi connectivity index (χ0) is 17.0. The predicted octanol–water partition coefficient (Wildman–Crippen LogP) is 3.21. The first-order chi connectivity index (χ1) is 10.9. The molecule has 4 nitrogen and oxygen atoms in total. The van der Waals surface area contributed by atoms with Gasteiger partial charge in [-0.25, -0.2) is 0 Å². The van der Waals surface area contributed by atoms with Gasteiger partial charge in [0.1, 0.15) is 0 Å². The number of amides is 1. The number of rotatable bonds is 5. The summed E-state index contributed by atoms with van der Waals surface area (Å²) in [6.07, 6.45) is 0. The molecule has 1 atom stereocenters. The van der Waals surface area contributed by atoms with Gasteiger partial charge in [0.2, 0.25) is 0 Å². The second kappa shape index (κ2) is 7.09. The number of carboxylic acids is 1. The Morgan fingerprint density at radius 3 is 2.13 bits per heavy atom. The van der Waals surface area contributed by atoms with Crippen LogP contribution in [0.2, 0.25) is 0 Å². The Morgan fingerprint density at radius 1 is 1.04 bits per heavy atom. The van der Waals surface area contributed by atoms with Crippen LogP contribution in [0.3, 0.4) is 0 Å². The highest BCUT2D eigenvalue weighted by Gasteiger charge is 2.21. The minimum atomic E-state index is -0.950. The summed E-state index contributed by atoms with van der Waals surface area (Å²) >= 11 is 0. The van der Waals surface area contributed by atoms with Crippen molar-refractivity contribution in [3.05, 3.63) is 70.3 Å². The lowest BCUT2D eigenvalue weighted by Crippen LogP contribution is -2.32. The second-order valence-corrected chi connectivity index (χ2v) is 5.79. The van der Waals surface area contributed by atoms with Gasteiger partial charge in [0, 0.05) is 12.1 Å². The van der Waals surface area contributed by atoms with E-state index in [4.69, 9.17) is 0 Å². The number of carboxylic acid groups (broad SMARTS) is 1. The molecule has 0 aliphatic carbocycles. The highest BCUT2D eigenvalue weighted by molar-refractivity contribution is 5.97. The first-order valence-corrected chi connectivity index (χ1v) is 7.54. The summed E-state index contributed by atoms with van der Waals surface area (Å²) in [5.74, 6) is -1.94. The fourth-order valence-corrected chi connectivity index (χ4v) is 2.85. The van der Waals surface area contributed by atoms with Crippen molar-refractivity contribution < 1.29 is 14.7 Å². The third kappa shape index (κ3) is 3.97. The minimum Gasteiger partial charge on any atom is -0.481 e. The third-order valence-corrected chi connectivity index (χ3v) is 3.87. The van der Waals surface area contributed by atoms with Gasteiger partial charge in [-0.1, -0.05) is 48.0 Å². The third-order valence-electron chi connectivity index (χ3n) is 3.87. The Bertz CT molecular complexity index is 700. The molecule has 0 aliphatic heterocycles. The van der Waals surface area contributed by atoms with Crippen LogP contribution in [-0.4, -0.2) is 23.5 Å². The van der Waals surface area contributed by atoms with Crippen molar-refractivity contribution in [1.29, 1.82) is 0 Å². The summed E-state index contributed by atoms with van der Waals surface area (Å²) in [5.41, 5.74) is 4.19. The largest absolute Gasteiger partial charge is 0.481 e. The topological polar surface area (TPSA) is 66.4 Å². The van der Waals surface area contributed by atoms with Crippen molar-refractivity contribution in [3.8, 4) is 0 Å². The van der Waals surface area contributed by atoms with E-state index in [9.17, 15) is 14.7 Å².